The normalized spacial score (nSPS) is 66.0. The SMILES string of the molecule is C1C2C[C@@H]3C[C@H]1[C@@H]1CC2C[C@H]3O1. The summed E-state index contributed by atoms with van der Waals surface area (Å²) in [5, 5.41) is 0. The second-order valence-electron chi connectivity index (χ2n) is 5.43. The van der Waals surface area contributed by atoms with E-state index in [2.05, 4.69) is 0 Å². The van der Waals surface area contributed by atoms with E-state index >= 15 is 0 Å². The predicted octanol–water partition coefficient (Wildman–Crippen LogP) is 2.21. The highest BCUT2D eigenvalue weighted by Crippen LogP contribution is 2.58. The van der Waals surface area contributed by atoms with Gasteiger partial charge in [0.15, 0.2) is 0 Å². The van der Waals surface area contributed by atoms with Crippen molar-refractivity contribution in [1.82, 2.24) is 0 Å². The zero-order chi connectivity index (χ0) is 7.71. The van der Waals surface area contributed by atoms with Crippen molar-refractivity contribution in [2.24, 2.45) is 23.7 Å². The third-order valence-electron chi connectivity index (χ3n) is 4.95. The van der Waals surface area contributed by atoms with E-state index in [1.54, 1.807) is 0 Å². The number of hydrogen-bond donors (Lipinski definition) is 0. The van der Waals surface area contributed by atoms with Crippen molar-refractivity contribution in [3.8, 4) is 0 Å². The van der Waals surface area contributed by atoms with E-state index in [0.717, 1.165) is 23.7 Å². The molecule has 0 aromatic rings. The van der Waals surface area contributed by atoms with Gasteiger partial charge in [-0.3, -0.25) is 0 Å². The summed E-state index contributed by atoms with van der Waals surface area (Å²) in [6.07, 6.45) is 8.76. The van der Waals surface area contributed by atoms with Gasteiger partial charge >= 0.3 is 0 Å². The van der Waals surface area contributed by atoms with Gasteiger partial charge in [0.2, 0.25) is 0 Å². The molecule has 12 heavy (non-hydrogen) atoms. The van der Waals surface area contributed by atoms with Crippen LogP contribution in [-0.4, -0.2) is 12.2 Å². The lowest BCUT2D eigenvalue weighted by Gasteiger charge is -2.60. The largest absolute Gasteiger partial charge is 0.374 e. The Morgan fingerprint density at radius 1 is 0.583 bits per heavy atom. The molecule has 2 saturated heterocycles. The molecule has 1 heteroatoms. The van der Waals surface area contributed by atoms with Gasteiger partial charge in [0.25, 0.3) is 0 Å². The van der Waals surface area contributed by atoms with E-state index in [9.17, 15) is 0 Å². The van der Waals surface area contributed by atoms with Crippen LogP contribution in [0.15, 0.2) is 0 Å². The fourth-order valence-corrected chi connectivity index (χ4v) is 4.47. The minimum Gasteiger partial charge on any atom is -0.374 e. The zero-order valence-electron chi connectivity index (χ0n) is 7.41. The van der Waals surface area contributed by atoms with Crippen LogP contribution < -0.4 is 0 Å². The van der Waals surface area contributed by atoms with Crippen LogP contribution in [0.4, 0.5) is 0 Å². The topological polar surface area (TPSA) is 9.23 Å². The van der Waals surface area contributed by atoms with E-state index in [4.69, 9.17) is 4.74 Å². The van der Waals surface area contributed by atoms with Gasteiger partial charge in [-0.2, -0.15) is 0 Å². The molecule has 0 amide bonds. The summed E-state index contributed by atoms with van der Waals surface area (Å²) >= 11 is 0. The number of hydrogen-bond acceptors (Lipinski definition) is 1. The third kappa shape index (κ3) is 0.618. The smallest absolute Gasteiger partial charge is 0.0610 e. The van der Waals surface area contributed by atoms with Gasteiger partial charge in [0.1, 0.15) is 0 Å². The Morgan fingerprint density at radius 2 is 1.08 bits per heavy atom. The van der Waals surface area contributed by atoms with E-state index in [1.807, 2.05) is 0 Å². The fourth-order valence-electron chi connectivity index (χ4n) is 4.47. The first-order chi connectivity index (χ1) is 5.90. The molecule has 0 radical (unpaired) electrons. The molecule has 2 aliphatic heterocycles. The van der Waals surface area contributed by atoms with Crippen molar-refractivity contribution in [3.63, 3.8) is 0 Å². The summed E-state index contributed by atoms with van der Waals surface area (Å²) in [5.74, 6) is 4.13. The fraction of sp³-hybridized carbons (Fsp3) is 1.00. The van der Waals surface area contributed by atoms with Crippen LogP contribution in [0.5, 0.6) is 0 Å². The highest BCUT2D eigenvalue weighted by atomic mass is 16.5. The monoisotopic (exact) mass is 164 g/mol. The van der Waals surface area contributed by atoms with Gasteiger partial charge in [0.05, 0.1) is 12.2 Å². The van der Waals surface area contributed by atoms with E-state index < -0.39 is 0 Å². The Morgan fingerprint density at radius 3 is 1.75 bits per heavy atom. The van der Waals surface area contributed by atoms with Crippen LogP contribution in [0.1, 0.15) is 32.1 Å². The van der Waals surface area contributed by atoms with Crippen molar-refractivity contribution >= 4 is 0 Å². The quantitative estimate of drug-likeness (QED) is 0.533. The first kappa shape index (κ1) is 6.42. The summed E-state index contributed by atoms with van der Waals surface area (Å²) in [7, 11) is 0. The molecular weight excluding hydrogens is 148 g/mol. The van der Waals surface area contributed by atoms with Crippen LogP contribution in [0.2, 0.25) is 0 Å². The van der Waals surface area contributed by atoms with E-state index in [0.29, 0.717) is 12.2 Å². The lowest BCUT2D eigenvalue weighted by molar-refractivity contribution is -0.227. The van der Waals surface area contributed by atoms with Crippen LogP contribution in [-0.2, 0) is 4.74 Å². The van der Waals surface area contributed by atoms with E-state index in [-0.39, 0.29) is 0 Å². The van der Waals surface area contributed by atoms with Crippen molar-refractivity contribution < 1.29 is 4.74 Å². The summed E-state index contributed by atoms with van der Waals surface area (Å²) < 4.78 is 6.11. The maximum Gasteiger partial charge on any atom is 0.0610 e. The highest BCUT2D eigenvalue weighted by molar-refractivity contribution is 5.03. The second kappa shape index (κ2) is 1.89. The van der Waals surface area contributed by atoms with Crippen LogP contribution in [0.3, 0.4) is 0 Å². The molecule has 5 fully saturated rings. The second-order valence-corrected chi connectivity index (χ2v) is 5.43. The lowest BCUT2D eigenvalue weighted by atomic mass is 9.54. The Labute approximate surface area is 73.5 Å². The third-order valence-corrected chi connectivity index (χ3v) is 4.95. The Hall–Kier alpha value is -0.0400. The zero-order valence-corrected chi connectivity index (χ0v) is 7.41. The van der Waals surface area contributed by atoms with Gasteiger partial charge in [0, 0.05) is 0 Å². The Kier molecular flexibility index (Phi) is 1.01. The molecule has 5 aliphatic rings. The van der Waals surface area contributed by atoms with Crippen molar-refractivity contribution in [2.45, 2.75) is 44.3 Å². The molecule has 66 valence electrons. The van der Waals surface area contributed by atoms with Crippen LogP contribution in [0.25, 0.3) is 0 Å². The first-order valence-electron chi connectivity index (χ1n) is 5.55. The molecule has 3 aliphatic carbocycles. The average Bonchev–Trinajstić information content (AvgIpc) is 2.12. The summed E-state index contributed by atoms with van der Waals surface area (Å²) in [4.78, 5) is 0. The summed E-state index contributed by atoms with van der Waals surface area (Å²) in [6.45, 7) is 0. The van der Waals surface area contributed by atoms with Crippen LogP contribution >= 0.6 is 0 Å². The Balaban J connectivity index is 1.82. The van der Waals surface area contributed by atoms with Crippen LogP contribution in [0, 0.1) is 23.7 Å². The Bertz CT molecular complexity index is 151. The van der Waals surface area contributed by atoms with Gasteiger partial charge in [-0.25, -0.2) is 0 Å². The number of rotatable bonds is 0. The molecule has 0 aromatic carbocycles. The first-order valence-corrected chi connectivity index (χ1v) is 5.55. The predicted molar refractivity (Wildman–Crippen MR) is 45.7 cm³/mol. The minimum atomic E-state index is 0.696. The van der Waals surface area contributed by atoms with Crippen molar-refractivity contribution in [1.29, 1.82) is 0 Å². The number of ether oxygens (including phenoxy) is 1. The molecule has 2 heterocycles. The maximum atomic E-state index is 6.11. The molecule has 6 bridgehead atoms. The standard InChI is InChI=1S/C11H16O/c1-6-2-9-3-8(1)10-4-7(6)5-11(9)12-10/h6-11H,1-5H2/t6?,7?,8-,9+,10-,11+. The lowest BCUT2D eigenvalue weighted by Crippen LogP contribution is -2.57. The van der Waals surface area contributed by atoms with Gasteiger partial charge < -0.3 is 4.74 Å². The van der Waals surface area contributed by atoms with Gasteiger partial charge in [-0.1, -0.05) is 0 Å². The molecule has 0 spiro atoms. The van der Waals surface area contributed by atoms with Gasteiger partial charge in [-0.05, 0) is 55.8 Å². The molecule has 2 unspecified atom stereocenters. The van der Waals surface area contributed by atoms with Gasteiger partial charge in [-0.15, -0.1) is 0 Å². The average molecular weight is 164 g/mol. The summed E-state index contributed by atoms with van der Waals surface area (Å²) in [5.41, 5.74) is 0. The molecule has 3 saturated carbocycles. The molecular formula is C11H16O. The maximum absolute atomic E-state index is 6.11. The highest BCUT2D eigenvalue weighted by Gasteiger charge is 2.54. The molecule has 1 nitrogen and oxygen atoms in total. The molecule has 5 rings (SSSR count). The molecule has 0 N–H and O–H groups in total. The molecule has 6 atom stereocenters. The van der Waals surface area contributed by atoms with E-state index in [1.165, 1.54) is 32.1 Å². The summed E-state index contributed by atoms with van der Waals surface area (Å²) in [6, 6.07) is 0. The molecule has 0 aromatic heterocycles. The van der Waals surface area contributed by atoms with Crippen molar-refractivity contribution in [3.05, 3.63) is 0 Å². The minimum absolute atomic E-state index is 0.696. The van der Waals surface area contributed by atoms with Crippen molar-refractivity contribution in [2.75, 3.05) is 0 Å².